The molecule has 0 heterocycles. The summed E-state index contributed by atoms with van der Waals surface area (Å²) in [6.45, 7) is 0. The van der Waals surface area contributed by atoms with E-state index in [0.29, 0.717) is 25.7 Å². The van der Waals surface area contributed by atoms with Crippen molar-refractivity contribution in [3.8, 4) is 11.1 Å². The first kappa shape index (κ1) is 81.7. The average Bonchev–Trinajstić information content (AvgIpc) is 0.821. The molecule has 12 nitrogen and oxygen atoms in total. The Labute approximate surface area is 657 Å². The zero-order valence-corrected chi connectivity index (χ0v) is 67.5. The number of aryl methyl sites for hydroxylation is 8. The van der Waals surface area contributed by atoms with E-state index in [-0.39, 0.29) is 138 Å². The van der Waals surface area contributed by atoms with E-state index < -0.39 is 56.3 Å². The van der Waals surface area contributed by atoms with Crippen LogP contribution in [0.15, 0.2) is 262 Å². The predicted octanol–water partition coefficient (Wildman–Crippen LogP) is 0.953. The molecule has 0 unspecified atom stereocenters. The minimum absolute atomic E-state index is 0. The van der Waals surface area contributed by atoms with Gasteiger partial charge in [0.2, 0.25) is 0 Å². The molecule has 0 atom stereocenters. The molecule has 0 N–H and O–H groups in total. The van der Waals surface area contributed by atoms with Gasteiger partial charge in [0.1, 0.15) is 40.5 Å². The van der Waals surface area contributed by atoms with Crippen LogP contribution in [0.25, 0.3) is 11.1 Å². The van der Waals surface area contributed by atoms with Crippen LogP contribution in [0.5, 0.6) is 0 Å². The first-order valence-corrected chi connectivity index (χ1v) is 39.0. The van der Waals surface area contributed by atoms with E-state index in [1.807, 2.05) is 0 Å². The Hall–Kier alpha value is -3.30. The molecule has 10 aromatic carbocycles. The van der Waals surface area contributed by atoms with Gasteiger partial charge in [0, 0.05) is 12.3 Å². The number of hydrogen-bond acceptors (Lipinski definition) is 12. The molecule has 0 amide bonds. The van der Waals surface area contributed by atoms with Gasteiger partial charge in [0.05, 0.1) is 19.6 Å². The summed E-state index contributed by atoms with van der Waals surface area (Å²) in [7, 11) is -20.2. The second kappa shape index (κ2) is 38.1. The molecule has 0 aliphatic heterocycles. The summed E-state index contributed by atoms with van der Waals surface area (Å²) >= 11 is 0. The van der Waals surface area contributed by atoms with Crippen molar-refractivity contribution in [2.45, 2.75) is 109 Å². The van der Waals surface area contributed by atoms with E-state index in [9.17, 15) is 51.9 Å². The normalized spacial score (nSPS) is 11.7. The van der Waals surface area contributed by atoms with Gasteiger partial charge in [-0.3, -0.25) is 0 Å². The minimum Gasteiger partial charge on any atom is -0.744 e. The third kappa shape index (κ3) is 23.9. The van der Waals surface area contributed by atoms with Crippen LogP contribution in [-0.2, 0) is 104 Å². The Morgan fingerprint density at radius 2 is 0.448 bits per heavy atom. The van der Waals surface area contributed by atoms with Crippen molar-refractivity contribution in [2.75, 3.05) is 0 Å². The fourth-order valence-corrected chi connectivity index (χ4v) is 18.4. The van der Waals surface area contributed by atoms with Crippen LogP contribution in [0.1, 0.15) is 81.3 Å². The molecule has 0 aromatic heterocycles. The van der Waals surface area contributed by atoms with E-state index in [1.165, 1.54) is 103 Å². The summed E-state index contributed by atoms with van der Waals surface area (Å²) in [6.07, 6.45) is 10.6. The molecule has 96 heavy (non-hydrogen) atoms. The van der Waals surface area contributed by atoms with Crippen LogP contribution in [0.2, 0.25) is 0 Å². The molecule has 0 saturated heterocycles. The van der Waals surface area contributed by atoms with E-state index in [2.05, 4.69) is 146 Å². The van der Waals surface area contributed by atoms with Crippen molar-refractivity contribution in [2.24, 2.45) is 0 Å². The van der Waals surface area contributed by atoms with Crippen LogP contribution >= 0.6 is 15.8 Å². The van der Waals surface area contributed by atoms with Crippen molar-refractivity contribution in [3.63, 3.8) is 0 Å². The molecule has 0 radical (unpaired) electrons. The second-order valence-electron chi connectivity index (χ2n) is 23.0. The molecule has 0 aliphatic carbocycles. The Balaban J connectivity index is 0.00000364. The Morgan fingerprint density at radius 3 is 0.667 bits per heavy atom. The average molecular weight is 1430 g/mol. The number of hydrogen-bond donors (Lipinski definition) is 0. The minimum atomic E-state index is -4.54. The van der Waals surface area contributed by atoms with Crippen LogP contribution in [0, 0.1) is 0 Å². The van der Waals surface area contributed by atoms with Crippen LogP contribution in [0.4, 0.5) is 0 Å². The summed E-state index contributed by atoms with van der Waals surface area (Å²) in [5.41, 5.74) is 13.2. The smallest absolute Gasteiger partial charge is 0.744 e. The van der Waals surface area contributed by atoms with Gasteiger partial charge in [-0.15, -0.1) is 0 Å². The Kier molecular flexibility index (Phi) is 32.4. The molecule has 0 fully saturated rings. The van der Waals surface area contributed by atoms with Gasteiger partial charge in [0.15, 0.2) is 0 Å². The monoisotopic (exact) mass is 1430 g/mol. The maximum atomic E-state index is 11.6. The molecule has 0 bridgehead atoms. The largest absolute Gasteiger partial charge is 1.00 e. The van der Waals surface area contributed by atoms with Gasteiger partial charge >= 0.3 is 118 Å². The van der Waals surface area contributed by atoms with Crippen LogP contribution in [-0.4, -0.2) is 51.9 Å². The molecule has 0 spiro atoms. The topological polar surface area (TPSA) is 229 Å². The van der Waals surface area contributed by atoms with E-state index >= 15 is 0 Å². The van der Waals surface area contributed by atoms with Crippen molar-refractivity contribution in [3.05, 3.63) is 298 Å². The zero-order valence-electron chi connectivity index (χ0n) is 54.4. The SMILES string of the molecule is O=S(=O)([O-])c1ccc(CCCc2cccc(P(Cc3ccccc3-c3ccccc3CP(c3cccc(CCCc4ccc(S(=O)(=O)[O-])cc4)c3)c3cccc(CCCc4ccc(S(=O)(=O)[O-])cc4)c3)c3cccc(CCCc4ccc(S(=O)(=O)[O-])cc4)c3)c2)cc1.[Na+].[Na+].[Na+].[Na+]. The van der Waals surface area contributed by atoms with Crippen LogP contribution in [0.3, 0.4) is 0 Å². The molecule has 0 aliphatic rings. The standard InChI is InChI=1S/C74H72O12P2S4.4Na/c75-89(76,77)69-41-33-55(34-42-69)13-5-17-59-21-9-27-65(49-59)87(66-28-10-22-60(50-66)18-6-14-56-35-43-70(44-36-56)90(78,79)80)53-63-25-1-3-31-73(63)74-32-4-2-26-64(74)54-88(67-29-11-23-61(51-67)19-7-15-57-37-45-71(46-38-57)91(81,82)83)68-30-12-24-62(52-68)20-8-16-58-39-47-72(48-40-58)92(84,85)86;;;;/h1-4,9-12,21-52H,5-8,13-20,53-54H2,(H,75,76,77)(H,78,79,80)(H,81,82,83)(H,84,85,86);;;;/q;4*+1/p-4. The van der Waals surface area contributed by atoms with E-state index in [1.54, 1.807) is 48.5 Å². The van der Waals surface area contributed by atoms with Gasteiger partial charge in [-0.05, 0) is 229 Å². The fraction of sp³-hybridized carbons (Fsp3) is 0.189. The van der Waals surface area contributed by atoms with Crippen molar-refractivity contribution >= 4 is 77.5 Å². The molecule has 474 valence electrons. The van der Waals surface area contributed by atoms with E-state index in [4.69, 9.17) is 0 Å². The van der Waals surface area contributed by atoms with Crippen LogP contribution < -0.4 is 139 Å². The second-order valence-corrected chi connectivity index (χ2v) is 32.9. The summed E-state index contributed by atoms with van der Waals surface area (Å²) < 4.78 is 139. The Bertz CT molecular complexity index is 4120. The molecule has 10 aromatic rings. The third-order valence-corrected chi connectivity index (χ3v) is 24.8. The first-order valence-electron chi connectivity index (χ1n) is 30.4. The number of benzene rings is 10. The maximum Gasteiger partial charge on any atom is 1.00 e. The Morgan fingerprint density at radius 1 is 0.240 bits per heavy atom. The quantitative estimate of drug-likeness (QED) is 0.0363. The summed E-state index contributed by atoms with van der Waals surface area (Å²) in [5.74, 6) is 0. The first-order chi connectivity index (χ1) is 44.1. The molecular weight excluding hydrogens is 1360 g/mol. The zero-order chi connectivity index (χ0) is 64.9. The van der Waals surface area contributed by atoms with Crippen molar-refractivity contribution in [1.82, 2.24) is 0 Å². The van der Waals surface area contributed by atoms with Gasteiger partial charge in [-0.1, -0.05) is 194 Å². The third-order valence-electron chi connectivity index (χ3n) is 16.4. The summed E-state index contributed by atoms with van der Waals surface area (Å²) in [4.78, 5) is -0.982. The van der Waals surface area contributed by atoms with Gasteiger partial charge in [-0.2, -0.15) is 0 Å². The van der Waals surface area contributed by atoms with Gasteiger partial charge < -0.3 is 18.2 Å². The summed E-state index contributed by atoms with van der Waals surface area (Å²) in [5, 5.41) is 4.89. The van der Waals surface area contributed by atoms with Gasteiger partial charge in [0.25, 0.3) is 0 Å². The number of rotatable bonds is 29. The molecule has 22 heteroatoms. The molecule has 10 rings (SSSR count). The van der Waals surface area contributed by atoms with E-state index in [0.717, 1.165) is 97.1 Å². The predicted molar refractivity (Wildman–Crippen MR) is 363 cm³/mol. The van der Waals surface area contributed by atoms with Crippen molar-refractivity contribution in [1.29, 1.82) is 0 Å². The maximum absolute atomic E-state index is 11.6. The fourth-order valence-electron chi connectivity index (χ4n) is 11.6. The summed E-state index contributed by atoms with van der Waals surface area (Å²) in [6, 6.07) is 77.3. The molecule has 0 saturated carbocycles. The van der Waals surface area contributed by atoms with Gasteiger partial charge in [-0.25, -0.2) is 33.7 Å². The molecular formula is C74H68Na4O12P2S4. The van der Waals surface area contributed by atoms with Crippen molar-refractivity contribution < 1.29 is 170 Å².